The molecule has 1 aromatic rings. The summed E-state index contributed by atoms with van der Waals surface area (Å²) in [6, 6.07) is 5.10. The van der Waals surface area contributed by atoms with Crippen LogP contribution in [0.2, 0.25) is 0 Å². The average molecular weight is 234 g/mol. The molecule has 0 aromatic heterocycles. The van der Waals surface area contributed by atoms with E-state index in [1.165, 1.54) is 7.11 Å². The van der Waals surface area contributed by atoms with Crippen LogP contribution >= 0.6 is 0 Å². The molecule has 4 nitrogen and oxygen atoms in total. The van der Waals surface area contributed by atoms with Gasteiger partial charge in [-0.25, -0.2) is 4.79 Å². The zero-order valence-electron chi connectivity index (χ0n) is 10.2. The molecule has 0 saturated carbocycles. The third kappa shape index (κ3) is 3.92. The smallest absolute Gasteiger partial charge is 0.337 e. The number of nitrogens with one attached hydrogen (secondary N) is 1. The molecule has 0 aliphatic rings. The summed E-state index contributed by atoms with van der Waals surface area (Å²) in [6.45, 7) is 0.910. The number of rotatable bonds is 5. The second kappa shape index (κ2) is 6.70. The Morgan fingerprint density at radius 2 is 2.29 bits per heavy atom. The molecule has 0 aliphatic carbocycles. The highest BCUT2D eigenvalue weighted by Crippen LogP contribution is 2.16. The highest BCUT2D eigenvalue weighted by molar-refractivity contribution is 5.91. The maximum absolute atomic E-state index is 11.4. The molecule has 0 saturated heterocycles. The van der Waals surface area contributed by atoms with E-state index in [0.717, 1.165) is 18.5 Å². The maximum atomic E-state index is 11.4. The van der Waals surface area contributed by atoms with Gasteiger partial charge in [0.2, 0.25) is 0 Å². The van der Waals surface area contributed by atoms with Crippen molar-refractivity contribution in [3.05, 3.63) is 35.4 Å². The van der Waals surface area contributed by atoms with Gasteiger partial charge in [-0.1, -0.05) is 12.2 Å². The predicted molar refractivity (Wildman–Crippen MR) is 69.8 cm³/mol. The zero-order valence-corrected chi connectivity index (χ0v) is 10.2. The molecule has 0 heterocycles. The van der Waals surface area contributed by atoms with Gasteiger partial charge in [0, 0.05) is 5.69 Å². The summed E-state index contributed by atoms with van der Waals surface area (Å²) >= 11 is 0. The Balaban J connectivity index is 2.83. The molecule has 92 valence electrons. The van der Waals surface area contributed by atoms with Gasteiger partial charge in [0.25, 0.3) is 0 Å². The normalized spacial score (nSPS) is 10.7. The molecule has 0 unspecified atom stereocenters. The molecule has 0 spiro atoms. The van der Waals surface area contributed by atoms with Crippen LogP contribution in [-0.2, 0) is 4.74 Å². The average Bonchev–Trinajstić information content (AvgIpc) is 2.35. The van der Waals surface area contributed by atoms with Crippen molar-refractivity contribution in [2.75, 3.05) is 26.4 Å². The van der Waals surface area contributed by atoms with E-state index in [0.29, 0.717) is 11.3 Å². The van der Waals surface area contributed by atoms with Crippen molar-refractivity contribution in [2.24, 2.45) is 0 Å². The second-order valence-electron chi connectivity index (χ2n) is 3.63. The molecule has 0 fully saturated rings. The molecular formula is C13H18N2O2. The molecule has 1 rings (SSSR count). The summed E-state index contributed by atoms with van der Waals surface area (Å²) in [5.41, 5.74) is 7.82. The first kappa shape index (κ1) is 13.3. The fourth-order valence-corrected chi connectivity index (χ4v) is 1.40. The first-order valence-corrected chi connectivity index (χ1v) is 5.48. The largest absolute Gasteiger partial charge is 0.465 e. The number of methoxy groups -OCH3 is 1. The number of benzene rings is 1. The molecule has 0 aliphatic heterocycles. The number of anilines is 1. The number of ether oxygens (including phenoxy) is 1. The highest BCUT2D eigenvalue weighted by Gasteiger charge is 2.06. The molecule has 3 N–H and O–H groups in total. The lowest BCUT2D eigenvalue weighted by Crippen LogP contribution is -2.05. The lowest BCUT2D eigenvalue weighted by Gasteiger charge is -2.04. The van der Waals surface area contributed by atoms with E-state index in [1.807, 2.05) is 19.2 Å². The Morgan fingerprint density at radius 3 is 2.94 bits per heavy atom. The minimum absolute atomic E-state index is 0.352. The Labute approximate surface area is 101 Å². The summed E-state index contributed by atoms with van der Waals surface area (Å²) in [6.07, 6.45) is 4.85. The maximum Gasteiger partial charge on any atom is 0.337 e. The topological polar surface area (TPSA) is 64.3 Å². The van der Waals surface area contributed by atoms with Crippen molar-refractivity contribution in [1.82, 2.24) is 5.32 Å². The molecule has 0 amide bonds. The van der Waals surface area contributed by atoms with E-state index < -0.39 is 0 Å². The minimum Gasteiger partial charge on any atom is -0.465 e. The van der Waals surface area contributed by atoms with E-state index in [4.69, 9.17) is 5.73 Å². The van der Waals surface area contributed by atoms with Gasteiger partial charge in [-0.3, -0.25) is 0 Å². The van der Waals surface area contributed by atoms with Gasteiger partial charge in [0.15, 0.2) is 0 Å². The summed E-state index contributed by atoms with van der Waals surface area (Å²) in [5, 5.41) is 3.05. The lowest BCUT2D eigenvalue weighted by atomic mass is 10.1. The number of esters is 1. The second-order valence-corrected chi connectivity index (χ2v) is 3.63. The van der Waals surface area contributed by atoms with Gasteiger partial charge in [-0.2, -0.15) is 0 Å². The summed E-state index contributed by atoms with van der Waals surface area (Å²) < 4.78 is 4.66. The van der Waals surface area contributed by atoms with Crippen LogP contribution in [0.25, 0.3) is 6.08 Å². The van der Waals surface area contributed by atoms with Crippen molar-refractivity contribution in [3.8, 4) is 0 Å². The van der Waals surface area contributed by atoms with E-state index >= 15 is 0 Å². The first-order chi connectivity index (χ1) is 8.19. The number of hydrogen-bond donors (Lipinski definition) is 2. The first-order valence-electron chi connectivity index (χ1n) is 5.48. The van der Waals surface area contributed by atoms with Gasteiger partial charge < -0.3 is 15.8 Å². The van der Waals surface area contributed by atoms with Crippen LogP contribution in [0.3, 0.4) is 0 Å². The fourth-order valence-electron chi connectivity index (χ4n) is 1.40. The van der Waals surface area contributed by atoms with Crippen molar-refractivity contribution in [3.63, 3.8) is 0 Å². The molecule has 0 bridgehead atoms. The standard InChI is InChI=1S/C13H18N2O2/c1-15-8-4-3-5-10-9-11(13(16)17-2)6-7-12(10)14/h3,5-7,9,15H,4,8,14H2,1-2H3. The number of carbonyl (C=O) groups excluding carboxylic acids is 1. The van der Waals surface area contributed by atoms with Crippen molar-refractivity contribution in [2.45, 2.75) is 6.42 Å². The third-order valence-corrected chi connectivity index (χ3v) is 2.37. The quantitative estimate of drug-likeness (QED) is 0.462. The SMILES string of the molecule is CNCCC=Cc1cc(C(=O)OC)ccc1N. The molecule has 4 heteroatoms. The van der Waals surface area contributed by atoms with Gasteiger partial charge in [0.05, 0.1) is 12.7 Å². The number of carbonyl (C=O) groups is 1. The van der Waals surface area contributed by atoms with Crippen LogP contribution in [0.5, 0.6) is 0 Å². The lowest BCUT2D eigenvalue weighted by molar-refractivity contribution is 0.0601. The van der Waals surface area contributed by atoms with Gasteiger partial charge in [0.1, 0.15) is 0 Å². The number of nitrogens with two attached hydrogens (primary N) is 1. The van der Waals surface area contributed by atoms with Crippen LogP contribution in [0.15, 0.2) is 24.3 Å². The van der Waals surface area contributed by atoms with Crippen molar-refractivity contribution < 1.29 is 9.53 Å². The summed E-state index contributed by atoms with van der Waals surface area (Å²) in [5.74, 6) is -0.352. The Bertz CT molecular complexity index is 414. The zero-order chi connectivity index (χ0) is 12.7. The van der Waals surface area contributed by atoms with Crippen molar-refractivity contribution >= 4 is 17.7 Å². The monoisotopic (exact) mass is 234 g/mol. The number of nitrogen functional groups attached to an aromatic ring is 1. The van der Waals surface area contributed by atoms with Gasteiger partial charge >= 0.3 is 5.97 Å². The van der Waals surface area contributed by atoms with E-state index in [1.54, 1.807) is 18.2 Å². The number of hydrogen-bond acceptors (Lipinski definition) is 4. The van der Waals surface area contributed by atoms with Crippen LogP contribution in [-0.4, -0.2) is 26.7 Å². The van der Waals surface area contributed by atoms with Crippen molar-refractivity contribution in [1.29, 1.82) is 0 Å². The van der Waals surface area contributed by atoms with Crippen LogP contribution in [0.4, 0.5) is 5.69 Å². The van der Waals surface area contributed by atoms with Crippen LogP contribution in [0.1, 0.15) is 22.3 Å². The molecular weight excluding hydrogens is 216 g/mol. The van der Waals surface area contributed by atoms with Crippen LogP contribution in [0, 0.1) is 0 Å². The molecule has 0 radical (unpaired) electrons. The Kier molecular flexibility index (Phi) is 5.23. The predicted octanol–water partition coefficient (Wildman–Crippen LogP) is 1.68. The molecule has 17 heavy (non-hydrogen) atoms. The van der Waals surface area contributed by atoms with Gasteiger partial charge in [-0.05, 0) is 43.8 Å². The summed E-state index contributed by atoms with van der Waals surface area (Å²) in [4.78, 5) is 11.4. The van der Waals surface area contributed by atoms with Crippen LogP contribution < -0.4 is 11.1 Å². The molecule has 0 atom stereocenters. The summed E-state index contributed by atoms with van der Waals surface area (Å²) in [7, 11) is 3.27. The molecule has 1 aromatic carbocycles. The van der Waals surface area contributed by atoms with Gasteiger partial charge in [-0.15, -0.1) is 0 Å². The Hall–Kier alpha value is -1.81. The van der Waals surface area contributed by atoms with E-state index in [2.05, 4.69) is 10.1 Å². The fraction of sp³-hybridized carbons (Fsp3) is 0.308. The van der Waals surface area contributed by atoms with E-state index in [-0.39, 0.29) is 5.97 Å². The Morgan fingerprint density at radius 1 is 1.53 bits per heavy atom. The minimum atomic E-state index is -0.352. The highest BCUT2D eigenvalue weighted by atomic mass is 16.5. The third-order valence-electron chi connectivity index (χ3n) is 2.37. The van der Waals surface area contributed by atoms with E-state index in [9.17, 15) is 4.79 Å².